The number of halogens is 3. The monoisotopic (exact) mass is 503 g/mol. The van der Waals surface area contributed by atoms with Crippen molar-refractivity contribution in [2.24, 2.45) is 0 Å². The number of carbonyl (C=O) groups excluding carboxylic acids is 1. The Hall–Kier alpha value is -2.39. The number of ether oxygens (including phenoxy) is 1. The summed E-state index contributed by atoms with van der Waals surface area (Å²) < 4.78 is 35.1. The summed E-state index contributed by atoms with van der Waals surface area (Å²) in [5.74, 6) is -0.641. The lowest BCUT2D eigenvalue weighted by atomic mass is 10.3. The molecule has 0 radical (unpaired) electrons. The summed E-state index contributed by atoms with van der Waals surface area (Å²) in [7, 11) is -3.51. The third-order valence-corrected chi connectivity index (χ3v) is 6.67. The van der Waals surface area contributed by atoms with E-state index in [1.54, 1.807) is 0 Å². The molecular weight excluding hydrogens is 489 g/mol. The van der Waals surface area contributed by atoms with E-state index in [0.717, 1.165) is 0 Å². The van der Waals surface area contributed by atoms with E-state index in [0.29, 0.717) is 10.8 Å². The average Bonchev–Trinajstić information content (AvgIpc) is 3.18. The molecule has 3 rings (SSSR count). The van der Waals surface area contributed by atoms with Gasteiger partial charge in [-0.05, 0) is 42.5 Å². The van der Waals surface area contributed by atoms with E-state index in [-0.39, 0.29) is 50.2 Å². The van der Waals surface area contributed by atoms with Gasteiger partial charge < -0.3 is 19.6 Å². The van der Waals surface area contributed by atoms with Gasteiger partial charge in [0.1, 0.15) is 18.1 Å². The summed E-state index contributed by atoms with van der Waals surface area (Å²) in [6, 6.07) is 9.52. The van der Waals surface area contributed by atoms with E-state index < -0.39 is 15.7 Å². The molecule has 7 nitrogen and oxygen atoms in total. The normalized spacial score (nSPS) is 11.4. The molecule has 3 aromatic rings. The summed E-state index contributed by atoms with van der Waals surface area (Å²) in [6.07, 6.45) is 0. The van der Waals surface area contributed by atoms with Crippen LogP contribution in [0, 0.1) is 0 Å². The first-order valence-electron chi connectivity index (χ1n) is 8.84. The zero-order valence-electron chi connectivity index (χ0n) is 16.0. The largest absolute Gasteiger partial charge is 0.506 e. The van der Waals surface area contributed by atoms with E-state index in [2.05, 4.69) is 5.32 Å². The van der Waals surface area contributed by atoms with Crippen LogP contribution in [0.4, 0.5) is 5.69 Å². The second-order valence-corrected chi connectivity index (χ2v) is 9.82. The smallest absolute Gasteiger partial charge is 0.291 e. The van der Waals surface area contributed by atoms with Crippen molar-refractivity contribution in [3.63, 3.8) is 0 Å². The van der Waals surface area contributed by atoms with Gasteiger partial charge in [0, 0.05) is 5.02 Å². The van der Waals surface area contributed by atoms with E-state index in [9.17, 15) is 18.3 Å². The highest BCUT2D eigenvalue weighted by molar-refractivity contribution is 7.91. The topological polar surface area (TPSA) is 106 Å². The maximum Gasteiger partial charge on any atom is 0.291 e. The van der Waals surface area contributed by atoms with Gasteiger partial charge in [-0.2, -0.15) is 0 Å². The number of hydrogen-bond acceptors (Lipinski definition) is 6. The number of sulfone groups is 1. The van der Waals surface area contributed by atoms with Crippen molar-refractivity contribution in [2.75, 3.05) is 11.1 Å². The summed E-state index contributed by atoms with van der Waals surface area (Å²) in [5.41, 5.74) is -0.0616. The Morgan fingerprint density at radius 1 is 1.10 bits per heavy atom. The van der Waals surface area contributed by atoms with Crippen molar-refractivity contribution in [3.05, 3.63) is 69.1 Å². The van der Waals surface area contributed by atoms with Crippen LogP contribution in [0.2, 0.25) is 15.1 Å². The molecule has 0 aliphatic rings. The Bertz CT molecular complexity index is 1220. The third kappa shape index (κ3) is 5.46. The molecular formula is C20H16Cl3NO6S. The van der Waals surface area contributed by atoms with Crippen LogP contribution in [0.25, 0.3) is 0 Å². The molecule has 0 spiro atoms. The van der Waals surface area contributed by atoms with Gasteiger partial charge in [0.15, 0.2) is 21.3 Å². The number of aromatic hydroxyl groups is 1. The molecule has 1 aromatic heterocycles. The molecule has 0 aliphatic heterocycles. The van der Waals surface area contributed by atoms with Gasteiger partial charge in [-0.3, -0.25) is 4.79 Å². The number of hydrogen-bond donors (Lipinski definition) is 2. The molecule has 31 heavy (non-hydrogen) atoms. The van der Waals surface area contributed by atoms with Crippen LogP contribution in [0.3, 0.4) is 0 Å². The predicted molar refractivity (Wildman–Crippen MR) is 118 cm³/mol. The highest BCUT2D eigenvalue weighted by Gasteiger charge is 2.18. The Morgan fingerprint density at radius 2 is 1.77 bits per heavy atom. The standard InChI is InChI=1S/C20H16Cl3NO6S/c1-2-31(27,28)13-4-5-17(25)16(9-13)24-20(26)18-6-3-12(30-18)10-29-19-14(22)7-11(21)8-15(19)23/h3-9,25H,2,10H2,1H3,(H,24,26). The van der Waals surface area contributed by atoms with Crippen LogP contribution in [0.1, 0.15) is 23.2 Å². The molecule has 0 saturated carbocycles. The van der Waals surface area contributed by atoms with Crippen LogP contribution in [0.15, 0.2) is 51.8 Å². The highest BCUT2D eigenvalue weighted by atomic mass is 35.5. The fraction of sp³-hybridized carbons (Fsp3) is 0.150. The third-order valence-electron chi connectivity index (χ3n) is 4.16. The van der Waals surface area contributed by atoms with Crippen LogP contribution in [-0.2, 0) is 16.4 Å². The van der Waals surface area contributed by atoms with Crippen molar-refractivity contribution >= 4 is 56.2 Å². The van der Waals surface area contributed by atoms with E-state index in [4.69, 9.17) is 44.0 Å². The van der Waals surface area contributed by atoms with Gasteiger partial charge in [-0.1, -0.05) is 41.7 Å². The number of amides is 1. The molecule has 164 valence electrons. The van der Waals surface area contributed by atoms with Crippen molar-refractivity contribution < 1.29 is 27.5 Å². The van der Waals surface area contributed by atoms with Gasteiger partial charge in [-0.25, -0.2) is 8.42 Å². The van der Waals surface area contributed by atoms with Crippen molar-refractivity contribution in [1.82, 2.24) is 0 Å². The van der Waals surface area contributed by atoms with E-state index in [1.807, 2.05) is 0 Å². The molecule has 0 aliphatic carbocycles. The van der Waals surface area contributed by atoms with E-state index >= 15 is 0 Å². The van der Waals surface area contributed by atoms with Gasteiger partial charge >= 0.3 is 0 Å². The lowest BCUT2D eigenvalue weighted by Crippen LogP contribution is -2.12. The zero-order valence-corrected chi connectivity index (χ0v) is 19.1. The predicted octanol–water partition coefficient (Wildman–Crippen LogP) is 5.57. The molecule has 0 fully saturated rings. The van der Waals surface area contributed by atoms with Crippen LogP contribution in [0.5, 0.6) is 11.5 Å². The molecule has 2 N–H and O–H groups in total. The first kappa shape index (κ1) is 23.3. The number of furan rings is 1. The number of benzene rings is 2. The summed E-state index contributed by atoms with van der Waals surface area (Å²) in [6.45, 7) is 1.43. The number of phenols is 1. The summed E-state index contributed by atoms with van der Waals surface area (Å²) in [5, 5.41) is 13.2. The quantitative estimate of drug-likeness (QED) is 0.407. The van der Waals surface area contributed by atoms with Crippen LogP contribution in [-0.4, -0.2) is 25.2 Å². The van der Waals surface area contributed by atoms with Crippen molar-refractivity contribution in [1.29, 1.82) is 0 Å². The summed E-state index contributed by atoms with van der Waals surface area (Å²) in [4.78, 5) is 12.4. The number of anilines is 1. The molecule has 0 bridgehead atoms. The van der Waals surface area contributed by atoms with Crippen molar-refractivity contribution in [3.8, 4) is 11.5 Å². The molecule has 1 heterocycles. The first-order valence-corrected chi connectivity index (χ1v) is 11.6. The van der Waals surface area contributed by atoms with Gasteiger partial charge in [-0.15, -0.1) is 0 Å². The lowest BCUT2D eigenvalue weighted by Gasteiger charge is -2.09. The van der Waals surface area contributed by atoms with Crippen LogP contribution >= 0.6 is 34.8 Å². The Balaban J connectivity index is 1.72. The number of rotatable bonds is 7. The number of nitrogens with one attached hydrogen (secondary N) is 1. The maximum absolute atomic E-state index is 12.5. The second-order valence-electron chi connectivity index (χ2n) is 6.29. The Labute approximate surface area is 193 Å². The Morgan fingerprint density at radius 3 is 2.42 bits per heavy atom. The molecule has 0 unspecified atom stereocenters. The lowest BCUT2D eigenvalue weighted by molar-refractivity contribution is 0.0992. The zero-order chi connectivity index (χ0) is 22.8. The Kier molecular flexibility index (Phi) is 7.06. The van der Waals surface area contributed by atoms with Crippen LogP contribution < -0.4 is 10.1 Å². The molecule has 1 amide bonds. The minimum atomic E-state index is -3.51. The number of phenolic OH excluding ortho intramolecular Hbond substituents is 1. The SMILES string of the molecule is CCS(=O)(=O)c1ccc(O)c(NC(=O)c2ccc(COc3c(Cl)cc(Cl)cc3Cl)o2)c1. The van der Waals surface area contributed by atoms with Crippen molar-refractivity contribution in [2.45, 2.75) is 18.4 Å². The summed E-state index contributed by atoms with van der Waals surface area (Å²) >= 11 is 18.0. The fourth-order valence-corrected chi connectivity index (χ4v) is 4.38. The number of carbonyl (C=O) groups is 1. The van der Waals surface area contributed by atoms with Gasteiger partial charge in [0.25, 0.3) is 5.91 Å². The fourth-order valence-electron chi connectivity index (χ4n) is 2.55. The first-order chi connectivity index (χ1) is 14.6. The molecule has 2 aromatic carbocycles. The minimum absolute atomic E-state index is 0.0200. The van der Waals surface area contributed by atoms with E-state index in [1.165, 1.54) is 49.4 Å². The molecule has 11 heteroatoms. The maximum atomic E-state index is 12.5. The molecule has 0 saturated heterocycles. The van der Waals surface area contributed by atoms with Gasteiger partial charge in [0.2, 0.25) is 0 Å². The molecule has 0 atom stereocenters. The van der Waals surface area contributed by atoms with Gasteiger partial charge in [0.05, 0.1) is 26.4 Å². The minimum Gasteiger partial charge on any atom is -0.506 e. The average molecular weight is 505 g/mol. The second kappa shape index (κ2) is 9.40. The highest BCUT2D eigenvalue weighted by Crippen LogP contribution is 2.36.